The van der Waals surface area contributed by atoms with Crippen LogP contribution in [0.2, 0.25) is 0 Å². The maximum absolute atomic E-state index is 12.8. The van der Waals surface area contributed by atoms with Gasteiger partial charge in [0.05, 0.1) is 10.9 Å². The Bertz CT molecular complexity index is 882. The molecule has 2 aromatic carbocycles. The van der Waals surface area contributed by atoms with E-state index < -0.39 is 0 Å². The molecule has 3 aromatic rings. The molecule has 0 fully saturated rings. The number of para-hydroxylation sites is 1. The lowest BCUT2D eigenvalue weighted by Gasteiger charge is -2.16. The highest BCUT2D eigenvalue weighted by Gasteiger charge is 2.13. The lowest BCUT2D eigenvalue weighted by Crippen LogP contribution is -2.25. The molecule has 3 nitrogen and oxygen atoms in total. The highest BCUT2D eigenvalue weighted by atomic mass is 32.2. The molecule has 0 atom stereocenters. The van der Waals surface area contributed by atoms with E-state index >= 15 is 0 Å². The molecule has 0 spiro atoms. The highest BCUT2D eigenvalue weighted by molar-refractivity contribution is 7.98. The second-order valence-corrected chi connectivity index (χ2v) is 6.90. The average Bonchev–Trinajstić information content (AvgIpc) is 2.54. The van der Waals surface area contributed by atoms with Crippen LogP contribution in [0.4, 0.5) is 0 Å². The van der Waals surface area contributed by atoms with Crippen LogP contribution in [-0.4, -0.2) is 9.55 Å². The van der Waals surface area contributed by atoms with Crippen LogP contribution in [0.1, 0.15) is 31.0 Å². The smallest absolute Gasteiger partial charge is 0.262 e. The van der Waals surface area contributed by atoms with Crippen LogP contribution >= 0.6 is 11.8 Å². The maximum Gasteiger partial charge on any atom is 0.262 e. The first-order valence-corrected chi connectivity index (χ1v) is 8.74. The summed E-state index contributed by atoms with van der Waals surface area (Å²) in [6.45, 7) is 6.12. The number of aryl methyl sites for hydroxylation is 1. The average molecular weight is 324 g/mol. The zero-order valence-corrected chi connectivity index (χ0v) is 14.4. The van der Waals surface area contributed by atoms with E-state index in [1.807, 2.05) is 38.1 Å². The lowest BCUT2D eigenvalue weighted by atomic mass is 10.2. The topological polar surface area (TPSA) is 34.9 Å². The van der Waals surface area contributed by atoms with E-state index in [0.29, 0.717) is 5.39 Å². The van der Waals surface area contributed by atoms with Gasteiger partial charge in [-0.1, -0.05) is 53.7 Å². The Morgan fingerprint density at radius 1 is 1.09 bits per heavy atom. The molecule has 0 saturated carbocycles. The van der Waals surface area contributed by atoms with Crippen molar-refractivity contribution in [3.8, 4) is 0 Å². The number of rotatable bonds is 4. The van der Waals surface area contributed by atoms with Gasteiger partial charge in [-0.25, -0.2) is 4.98 Å². The first kappa shape index (κ1) is 15.8. The second kappa shape index (κ2) is 6.59. The van der Waals surface area contributed by atoms with Gasteiger partial charge in [0, 0.05) is 11.8 Å². The van der Waals surface area contributed by atoms with Crippen LogP contribution in [0.25, 0.3) is 10.9 Å². The molecule has 118 valence electrons. The Morgan fingerprint density at radius 3 is 2.48 bits per heavy atom. The molecule has 0 bridgehead atoms. The van der Waals surface area contributed by atoms with Gasteiger partial charge in [0.2, 0.25) is 0 Å². The Morgan fingerprint density at radius 2 is 1.78 bits per heavy atom. The van der Waals surface area contributed by atoms with Crippen LogP contribution in [0.15, 0.2) is 58.5 Å². The summed E-state index contributed by atoms with van der Waals surface area (Å²) in [4.78, 5) is 17.5. The number of hydrogen-bond acceptors (Lipinski definition) is 3. The maximum atomic E-state index is 12.8. The zero-order valence-electron chi connectivity index (χ0n) is 13.6. The van der Waals surface area contributed by atoms with Crippen molar-refractivity contribution in [2.75, 3.05) is 0 Å². The van der Waals surface area contributed by atoms with E-state index in [9.17, 15) is 4.79 Å². The first-order valence-electron chi connectivity index (χ1n) is 7.76. The first-order chi connectivity index (χ1) is 11.1. The van der Waals surface area contributed by atoms with Crippen LogP contribution in [0.3, 0.4) is 0 Å². The predicted molar refractivity (Wildman–Crippen MR) is 97.1 cm³/mol. The molecule has 1 aromatic heterocycles. The van der Waals surface area contributed by atoms with Gasteiger partial charge in [0.25, 0.3) is 5.56 Å². The van der Waals surface area contributed by atoms with E-state index in [2.05, 4.69) is 31.2 Å². The minimum Gasteiger partial charge on any atom is -0.285 e. The molecule has 1 heterocycles. The Balaban J connectivity index is 2.00. The summed E-state index contributed by atoms with van der Waals surface area (Å²) >= 11 is 1.62. The fourth-order valence-electron chi connectivity index (χ4n) is 2.51. The molecule has 0 amide bonds. The van der Waals surface area contributed by atoms with Crippen LogP contribution in [-0.2, 0) is 5.75 Å². The molecular formula is C19H20N2OS. The number of hydrogen-bond donors (Lipinski definition) is 0. The molecule has 4 heteroatoms. The lowest BCUT2D eigenvalue weighted by molar-refractivity contribution is 0.519. The largest absolute Gasteiger partial charge is 0.285 e. The second-order valence-electron chi connectivity index (χ2n) is 5.95. The molecule has 0 radical (unpaired) electrons. The normalized spacial score (nSPS) is 11.3. The molecule has 0 N–H and O–H groups in total. The molecule has 0 aliphatic heterocycles. The summed E-state index contributed by atoms with van der Waals surface area (Å²) < 4.78 is 1.79. The Hall–Kier alpha value is -2.07. The van der Waals surface area contributed by atoms with E-state index in [-0.39, 0.29) is 11.6 Å². The summed E-state index contributed by atoms with van der Waals surface area (Å²) in [5, 5.41) is 1.46. The molecule has 0 aliphatic rings. The number of fused-ring (bicyclic) bond motifs is 1. The summed E-state index contributed by atoms with van der Waals surface area (Å²) in [6.07, 6.45) is 0. The van der Waals surface area contributed by atoms with Crippen LogP contribution in [0.5, 0.6) is 0 Å². The van der Waals surface area contributed by atoms with Gasteiger partial charge < -0.3 is 0 Å². The van der Waals surface area contributed by atoms with Gasteiger partial charge in [-0.15, -0.1) is 0 Å². The third-order valence-corrected chi connectivity index (χ3v) is 4.80. The van der Waals surface area contributed by atoms with Gasteiger partial charge in [-0.05, 0) is 38.5 Å². The number of benzene rings is 2. The Labute approximate surface area is 140 Å². The van der Waals surface area contributed by atoms with Gasteiger partial charge in [-0.2, -0.15) is 0 Å². The summed E-state index contributed by atoms with van der Waals surface area (Å²) in [7, 11) is 0. The van der Waals surface area contributed by atoms with E-state index in [4.69, 9.17) is 4.98 Å². The predicted octanol–water partition coefficient (Wildman–Crippen LogP) is 4.58. The standard InChI is InChI=1S/C19H20N2OS/c1-13(2)21-18(22)16-6-4-5-7-17(16)20-19(21)23-12-15-10-8-14(3)9-11-15/h4-11,13H,12H2,1-3H3. The molecule has 0 saturated heterocycles. The van der Waals surface area contributed by atoms with Crippen molar-refractivity contribution in [2.45, 2.75) is 37.7 Å². The van der Waals surface area contributed by atoms with Crippen molar-refractivity contribution < 1.29 is 0 Å². The van der Waals surface area contributed by atoms with Crippen molar-refractivity contribution in [1.29, 1.82) is 0 Å². The summed E-state index contributed by atoms with van der Waals surface area (Å²) in [5.41, 5.74) is 3.29. The van der Waals surface area contributed by atoms with Crippen molar-refractivity contribution in [3.63, 3.8) is 0 Å². The van der Waals surface area contributed by atoms with Gasteiger partial charge in [0.15, 0.2) is 5.16 Å². The molecular weight excluding hydrogens is 304 g/mol. The quantitative estimate of drug-likeness (QED) is 0.520. The number of nitrogens with zero attached hydrogens (tertiary/aromatic N) is 2. The Kier molecular flexibility index (Phi) is 4.53. The third-order valence-electron chi connectivity index (χ3n) is 3.78. The van der Waals surface area contributed by atoms with Crippen molar-refractivity contribution in [3.05, 3.63) is 70.0 Å². The van der Waals surface area contributed by atoms with Gasteiger partial charge in [0.1, 0.15) is 0 Å². The monoisotopic (exact) mass is 324 g/mol. The molecule has 23 heavy (non-hydrogen) atoms. The fourth-order valence-corrected chi connectivity index (χ4v) is 3.60. The molecule has 3 rings (SSSR count). The van der Waals surface area contributed by atoms with E-state index in [0.717, 1.165) is 16.4 Å². The number of thioether (sulfide) groups is 1. The van der Waals surface area contributed by atoms with Gasteiger partial charge >= 0.3 is 0 Å². The van der Waals surface area contributed by atoms with E-state index in [1.54, 1.807) is 16.3 Å². The molecule has 0 aliphatic carbocycles. The highest BCUT2D eigenvalue weighted by Crippen LogP contribution is 2.24. The van der Waals surface area contributed by atoms with Crippen molar-refractivity contribution in [1.82, 2.24) is 9.55 Å². The van der Waals surface area contributed by atoms with Crippen molar-refractivity contribution in [2.24, 2.45) is 0 Å². The fraction of sp³-hybridized carbons (Fsp3) is 0.263. The third kappa shape index (κ3) is 3.32. The van der Waals surface area contributed by atoms with E-state index in [1.165, 1.54) is 11.1 Å². The minimum atomic E-state index is 0.0389. The van der Waals surface area contributed by atoms with Crippen molar-refractivity contribution >= 4 is 22.7 Å². The minimum absolute atomic E-state index is 0.0389. The van der Waals surface area contributed by atoms with Crippen LogP contribution in [0, 0.1) is 6.92 Å². The summed E-state index contributed by atoms with van der Waals surface area (Å²) in [6, 6.07) is 16.1. The number of aromatic nitrogens is 2. The zero-order chi connectivity index (χ0) is 16.4. The van der Waals surface area contributed by atoms with Gasteiger partial charge in [-0.3, -0.25) is 9.36 Å². The summed E-state index contributed by atoms with van der Waals surface area (Å²) in [5.74, 6) is 0.803. The van der Waals surface area contributed by atoms with Crippen LogP contribution < -0.4 is 5.56 Å². The molecule has 0 unspecified atom stereocenters. The SMILES string of the molecule is Cc1ccc(CSc2nc3ccccc3c(=O)n2C(C)C)cc1.